The summed E-state index contributed by atoms with van der Waals surface area (Å²) in [7, 11) is 0. The van der Waals surface area contributed by atoms with Crippen molar-refractivity contribution >= 4 is 33.9 Å². The molecule has 16 heavy (non-hydrogen) atoms. The molecule has 0 aliphatic carbocycles. The molecule has 82 valence electrons. The summed E-state index contributed by atoms with van der Waals surface area (Å²) in [4.78, 5) is 3.18. The van der Waals surface area contributed by atoms with Crippen LogP contribution in [0.3, 0.4) is 0 Å². The number of para-hydroxylation sites is 1. The highest BCUT2D eigenvalue weighted by molar-refractivity contribution is 7.80. The number of aromatic nitrogens is 1. The summed E-state index contributed by atoms with van der Waals surface area (Å²) in [6.45, 7) is 1.90. The second kappa shape index (κ2) is 4.32. The van der Waals surface area contributed by atoms with E-state index < -0.39 is 0 Å². The number of rotatable bonds is 2. The molecule has 1 heterocycles. The molecule has 0 aliphatic rings. The summed E-state index contributed by atoms with van der Waals surface area (Å²) in [5.74, 6) is 0. The van der Waals surface area contributed by atoms with Crippen LogP contribution in [0.1, 0.15) is 12.5 Å². The molecule has 0 spiro atoms. The van der Waals surface area contributed by atoms with Crippen molar-refractivity contribution in [2.75, 3.05) is 0 Å². The number of hydrogen-bond donors (Lipinski definition) is 3. The number of hydrazone groups is 1. The Morgan fingerprint density at radius 3 is 2.94 bits per heavy atom. The third-order valence-electron chi connectivity index (χ3n) is 2.31. The molecule has 0 saturated heterocycles. The van der Waals surface area contributed by atoms with E-state index >= 15 is 0 Å². The summed E-state index contributed by atoms with van der Waals surface area (Å²) < 4.78 is 0. The minimum atomic E-state index is 0.166. The van der Waals surface area contributed by atoms with Gasteiger partial charge in [-0.05, 0) is 25.2 Å². The molecule has 0 saturated carbocycles. The Kier molecular flexibility index (Phi) is 2.87. The van der Waals surface area contributed by atoms with E-state index in [0.29, 0.717) is 0 Å². The fraction of sp³-hybridized carbons (Fsp3) is 0.0909. The van der Waals surface area contributed by atoms with Crippen LogP contribution in [0.5, 0.6) is 0 Å². The van der Waals surface area contributed by atoms with Gasteiger partial charge in [-0.15, -0.1) is 0 Å². The monoisotopic (exact) mass is 232 g/mol. The van der Waals surface area contributed by atoms with E-state index in [9.17, 15) is 0 Å². The first-order valence-electron chi connectivity index (χ1n) is 4.84. The molecule has 0 unspecified atom stereocenters. The fourth-order valence-corrected chi connectivity index (χ4v) is 1.62. The van der Waals surface area contributed by atoms with E-state index in [-0.39, 0.29) is 5.11 Å². The van der Waals surface area contributed by atoms with Crippen LogP contribution < -0.4 is 11.2 Å². The first-order chi connectivity index (χ1) is 7.68. The number of H-pyrrole nitrogens is 1. The minimum absolute atomic E-state index is 0.166. The lowest BCUT2D eigenvalue weighted by Crippen LogP contribution is -2.25. The summed E-state index contributed by atoms with van der Waals surface area (Å²) in [6, 6.07) is 8.05. The zero-order chi connectivity index (χ0) is 11.5. The van der Waals surface area contributed by atoms with Crippen molar-refractivity contribution < 1.29 is 0 Å². The van der Waals surface area contributed by atoms with Gasteiger partial charge in [0, 0.05) is 22.7 Å². The number of benzene rings is 1. The third-order valence-corrected chi connectivity index (χ3v) is 2.40. The second-order valence-electron chi connectivity index (χ2n) is 3.42. The molecule has 0 amide bonds. The smallest absolute Gasteiger partial charge is 0.184 e. The molecule has 1 aromatic heterocycles. The number of fused-ring (bicyclic) bond motifs is 1. The predicted molar refractivity (Wildman–Crippen MR) is 70.4 cm³/mol. The van der Waals surface area contributed by atoms with Crippen LogP contribution in [0.25, 0.3) is 10.9 Å². The van der Waals surface area contributed by atoms with Crippen LogP contribution in [-0.4, -0.2) is 15.8 Å². The average Bonchev–Trinajstić information content (AvgIpc) is 2.69. The van der Waals surface area contributed by atoms with Gasteiger partial charge >= 0.3 is 0 Å². The van der Waals surface area contributed by atoms with Crippen LogP contribution in [0, 0.1) is 0 Å². The maximum absolute atomic E-state index is 5.31. The zero-order valence-corrected chi connectivity index (χ0v) is 9.64. The lowest BCUT2D eigenvalue weighted by atomic mass is 10.1. The van der Waals surface area contributed by atoms with Crippen molar-refractivity contribution in [3.63, 3.8) is 0 Å². The highest BCUT2D eigenvalue weighted by Crippen LogP contribution is 2.18. The molecule has 4 nitrogen and oxygen atoms in total. The Morgan fingerprint density at radius 2 is 2.19 bits per heavy atom. The van der Waals surface area contributed by atoms with Crippen LogP contribution in [0.2, 0.25) is 0 Å². The number of thiocarbonyl (C=S) groups is 1. The molecular weight excluding hydrogens is 220 g/mol. The minimum Gasteiger partial charge on any atom is -0.375 e. The molecule has 0 aliphatic heterocycles. The van der Waals surface area contributed by atoms with Crippen molar-refractivity contribution in [1.29, 1.82) is 0 Å². The first kappa shape index (κ1) is 10.6. The Hall–Kier alpha value is -1.88. The van der Waals surface area contributed by atoms with Crippen LogP contribution >= 0.6 is 12.2 Å². The zero-order valence-electron chi connectivity index (χ0n) is 8.82. The Morgan fingerprint density at radius 1 is 1.44 bits per heavy atom. The number of nitrogens with two attached hydrogens (primary N) is 1. The molecule has 2 rings (SSSR count). The van der Waals surface area contributed by atoms with Crippen molar-refractivity contribution in [1.82, 2.24) is 10.4 Å². The molecule has 0 atom stereocenters. The number of nitrogens with one attached hydrogen (secondary N) is 2. The van der Waals surface area contributed by atoms with Gasteiger partial charge in [0.15, 0.2) is 5.11 Å². The van der Waals surface area contributed by atoms with Gasteiger partial charge in [-0.2, -0.15) is 5.10 Å². The molecule has 2 aromatic rings. The van der Waals surface area contributed by atoms with Gasteiger partial charge in [0.25, 0.3) is 0 Å². The van der Waals surface area contributed by atoms with Gasteiger partial charge in [-0.1, -0.05) is 18.2 Å². The largest absolute Gasteiger partial charge is 0.375 e. The maximum atomic E-state index is 5.31. The van der Waals surface area contributed by atoms with Gasteiger partial charge in [0.05, 0.1) is 5.71 Å². The average molecular weight is 232 g/mol. The van der Waals surface area contributed by atoms with Gasteiger partial charge in [0.1, 0.15) is 0 Å². The van der Waals surface area contributed by atoms with E-state index in [2.05, 4.69) is 15.5 Å². The molecule has 0 radical (unpaired) electrons. The molecule has 0 fully saturated rings. The highest BCUT2D eigenvalue weighted by atomic mass is 32.1. The molecule has 1 aromatic carbocycles. The SMILES string of the molecule is C/C(=N\NC(N)=S)c1c[nH]c2ccccc12. The van der Waals surface area contributed by atoms with E-state index in [1.807, 2.05) is 37.4 Å². The quantitative estimate of drug-likeness (QED) is 0.419. The van der Waals surface area contributed by atoms with Crippen LogP contribution in [-0.2, 0) is 0 Å². The first-order valence-corrected chi connectivity index (χ1v) is 5.25. The summed E-state index contributed by atoms with van der Waals surface area (Å²) >= 11 is 4.69. The number of hydrogen-bond acceptors (Lipinski definition) is 2. The van der Waals surface area contributed by atoms with E-state index in [4.69, 9.17) is 18.0 Å². The van der Waals surface area contributed by atoms with Gasteiger partial charge in [-0.3, -0.25) is 5.43 Å². The Balaban J connectivity index is 2.40. The normalized spacial score (nSPS) is 11.7. The topological polar surface area (TPSA) is 66.2 Å². The van der Waals surface area contributed by atoms with E-state index in [0.717, 1.165) is 22.2 Å². The summed E-state index contributed by atoms with van der Waals surface area (Å²) in [5, 5.41) is 5.40. The van der Waals surface area contributed by atoms with Gasteiger partial charge < -0.3 is 10.7 Å². The van der Waals surface area contributed by atoms with Crippen molar-refractivity contribution in [2.24, 2.45) is 10.8 Å². The van der Waals surface area contributed by atoms with Gasteiger partial charge in [0.2, 0.25) is 0 Å². The molecular formula is C11H12N4S. The van der Waals surface area contributed by atoms with E-state index in [1.54, 1.807) is 0 Å². The van der Waals surface area contributed by atoms with Crippen LogP contribution in [0.15, 0.2) is 35.6 Å². The van der Waals surface area contributed by atoms with Crippen molar-refractivity contribution in [3.8, 4) is 0 Å². The third kappa shape index (κ3) is 2.04. The summed E-state index contributed by atoms with van der Waals surface area (Å²) in [6.07, 6.45) is 1.92. The van der Waals surface area contributed by atoms with Gasteiger partial charge in [-0.25, -0.2) is 0 Å². The van der Waals surface area contributed by atoms with Crippen LogP contribution in [0.4, 0.5) is 0 Å². The molecule has 5 heteroatoms. The Bertz CT molecular complexity index is 556. The standard InChI is InChI=1S/C11H12N4S/c1-7(14-15-11(12)16)9-6-13-10-5-3-2-4-8(9)10/h2-6,13H,1H3,(H3,12,15,16)/b14-7+. The Labute approximate surface area is 98.5 Å². The van der Waals surface area contributed by atoms with Crippen molar-refractivity contribution in [3.05, 3.63) is 36.0 Å². The van der Waals surface area contributed by atoms with Crippen molar-refractivity contribution in [2.45, 2.75) is 6.92 Å². The maximum Gasteiger partial charge on any atom is 0.184 e. The number of nitrogens with zero attached hydrogens (tertiary/aromatic N) is 1. The lowest BCUT2D eigenvalue weighted by molar-refractivity contribution is 1.03. The summed E-state index contributed by atoms with van der Waals surface area (Å²) in [5.41, 5.74) is 10.9. The van der Waals surface area contributed by atoms with E-state index in [1.165, 1.54) is 0 Å². The fourth-order valence-electron chi connectivity index (χ4n) is 1.57. The lowest BCUT2D eigenvalue weighted by Gasteiger charge is -2.00. The molecule has 4 N–H and O–H groups in total. The number of aromatic amines is 1. The second-order valence-corrected chi connectivity index (χ2v) is 3.86. The highest BCUT2D eigenvalue weighted by Gasteiger charge is 2.05. The predicted octanol–water partition coefficient (Wildman–Crippen LogP) is 1.73. The molecule has 0 bridgehead atoms.